The van der Waals surface area contributed by atoms with Gasteiger partial charge < -0.3 is 37.4 Å². The molecule has 38 heavy (non-hydrogen) atoms. The number of nitrogens with zero attached hydrogens (tertiary/aromatic N) is 1. The lowest BCUT2D eigenvalue weighted by atomic mass is 10.0. The minimum atomic E-state index is -1.20. The number of nitro benzene ring substituents is 1. The Morgan fingerprint density at radius 1 is 0.895 bits per heavy atom. The molecule has 1 aromatic rings. The molecule has 0 saturated heterocycles. The molecule has 0 radical (unpaired) electrons. The number of hydrogen-bond acceptors (Lipinski definition) is 9. The van der Waals surface area contributed by atoms with Gasteiger partial charge in [0.25, 0.3) is 5.69 Å². The average Bonchev–Trinajstić information content (AvgIpc) is 2.88. The Balaban J connectivity index is 2.34. The van der Waals surface area contributed by atoms with Crippen LogP contribution < -0.4 is 32.3 Å². The third kappa shape index (κ3) is 15.2. The third-order valence-corrected chi connectivity index (χ3v) is 5.70. The summed E-state index contributed by atoms with van der Waals surface area (Å²) in [5, 5.41) is 35.0. The zero-order valence-corrected chi connectivity index (χ0v) is 22.2. The van der Waals surface area contributed by atoms with Crippen LogP contribution in [0.2, 0.25) is 0 Å². The number of nitrogens with one attached hydrogen (secondary N) is 5. The molecule has 0 fully saturated rings. The number of aliphatic carboxylic acids is 1. The monoisotopic (exact) mass is 537 g/mol. The van der Waals surface area contributed by atoms with E-state index in [1.165, 1.54) is 31.2 Å². The molecular weight excluding hydrogens is 494 g/mol. The molecule has 214 valence electrons. The van der Waals surface area contributed by atoms with Gasteiger partial charge in [-0.3, -0.25) is 24.5 Å². The maximum atomic E-state index is 12.7. The van der Waals surface area contributed by atoms with Gasteiger partial charge in [-0.15, -0.1) is 0 Å². The second-order valence-corrected chi connectivity index (χ2v) is 9.02. The summed E-state index contributed by atoms with van der Waals surface area (Å²) in [6.45, 7) is 7.29. The fourth-order valence-corrected chi connectivity index (χ4v) is 3.49. The molecule has 0 saturated carbocycles. The van der Waals surface area contributed by atoms with Gasteiger partial charge in [-0.1, -0.05) is 12.1 Å². The van der Waals surface area contributed by atoms with Gasteiger partial charge in [0.2, 0.25) is 11.8 Å². The van der Waals surface area contributed by atoms with Crippen LogP contribution in [0, 0.1) is 10.1 Å². The van der Waals surface area contributed by atoms with Crippen LogP contribution in [0.4, 0.5) is 5.69 Å². The van der Waals surface area contributed by atoms with Crippen LogP contribution in [0.1, 0.15) is 44.6 Å². The second-order valence-electron chi connectivity index (χ2n) is 9.02. The first-order valence-electron chi connectivity index (χ1n) is 13.1. The Bertz CT molecular complexity index is 853. The smallest absolute Gasteiger partial charge is 0.325 e. The van der Waals surface area contributed by atoms with E-state index in [9.17, 15) is 24.5 Å². The number of nitro groups is 1. The fraction of sp³-hybridized carbons (Fsp3) is 0.640. The Labute approximate surface area is 223 Å². The van der Waals surface area contributed by atoms with Gasteiger partial charge in [-0.25, -0.2) is 0 Å². The van der Waals surface area contributed by atoms with E-state index in [0.29, 0.717) is 25.1 Å². The molecule has 2 atom stereocenters. The molecular formula is C25H43N7O6. The molecule has 13 nitrogen and oxygen atoms in total. The van der Waals surface area contributed by atoms with Crippen molar-refractivity contribution < 1.29 is 24.4 Å². The topological polar surface area (TPSA) is 201 Å². The van der Waals surface area contributed by atoms with Gasteiger partial charge in [-0.2, -0.15) is 0 Å². The Morgan fingerprint density at radius 2 is 1.42 bits per heavy atom. The standard InChI is InChI=1S/C25H43N7O6/c1-19(25(35)36)30-24(34)22(18-20-7-9-21(10-8-20)32(37)38)31-23(33)6-2-12-27-14-4-16-29-17-5-15-28-13-3-11-26/h7-10,19,22,27-29H,2-6,11-18,26H2,1H3,(H,30,34)(H,31,33)(H,35,36)/t19-,22-/m0/s1. The zero-order valence-electron chi connectivity index (χ0n) is 22.2. The van der Waals surface area contributed by atoms with Gasteiger partial charge in [0.05, 0.1) is 4.92 Å². The van der Waals surface area contributed by atoms with Crippen LogP contribution in [-0.4, -0.2) is 85.7 Å². The van der Waals surface area contributed by atoms with E-state index >= 15 is 0 Å². The fourth-order valence-electron chi connectivity index (χ4n) is 3.49. The lowest BCUT2D eigenvalue weighted by Gasteiger charge is -2.20. The van der Waals surface area contributed by atoms with Crippen molar-refractivity contribution in [2.45, 2.75) is 57.5 Å². The zero-order chi connectivity index (χ0) is 28.2. The largest absolute Gasteiger partial charge is 0.480 e. The van der Waals surface area contributed by atoms with Crippen LogP contribution in [-0.2, 0) is 20.8 Å². The third-order valence-electron chi connectivity index (χ3n) is 5.70. The number of rotatable bonds is 22. The first kappa shape index (κ1) is 32.9. The summed E-state index contributed by atoms with van der Waals surface area (Å²) in [6, 6.07) is 3.50. The number of amides is 2. The molecule has 0 aliphatic heterocycles. The molecule has 1 rings (SSSR count). The summed E-state index contributed by atoms with van der Waals surface area (Å²) in [5.41, 5.74) is 5.95. The van der Waals surface area contributed by atoms with E-state index in [-0.39, 0.29) is 24.4 Å². The molecule has 13 heteroatoms. The predicted octanol–water partition coefficient (Wildman–Crippen LogP) is -0.111. The van der Waals surface area contributed by atoms with Crippen LogP contribution in [0.3, 0.4) is 0 Å². The number of carbonyl (C=O) groups excluding carboxylic acids is 2. The Kier molecular flexibility index (Phi) is 17.2. The predicted molar refractivity (Wildman–Crippen MR) is 145 cm³/mol. The molecule has 0 bridgehead atoms. The number of hydrogen-bond donors (Lipinski definition) is 7. The van der Waals surface area contributed by atoms with Crippen LogP contribution in [0.25, 0.3) is 0 Å². The van der Waals surface area contributed by atoms with Crippen LogP contribution in [0.15, 0.2) is 24.3 Å². The maximum Gasteiger partial charge on any atom is 0.325 e. The summed E-state index contributed by atoms with van der Waals surface area (Å²) in [6.07, 6.45) is 3.85. The quantitative estimate of drug-likeness (QED) is 0.0594. The van der Waals surface area contributed by atoms with Crippen molar-refractivity contribution in [1.29, 1.82) is 0 Å². The number of carbonyl (C=O) groups is 3. The highest BCUT2D eigenvalue weighted by Crippen LogP contribution is 2.13. The van der Waals surface area contributed by atoms with Gasteiger partial charge in [-0.05, 0) is 84.0 Å². The Hall–Kier alpha value is -3.13. The van der Waals surface area contributed by atoms with E-state index in [2.05, 4.69) is 26.6 Å². The van der Waals surface area contributed by atoms with Crippen molar-refractivity contribution in [2.75, 3.05) is 45.8 Å². The van der Waals surface area contributed by atoms with Crippen molar-refractivity contribution in [3.63, 3.8) is 0 Å². The summed E-state index contributed by atoms with van der Waals surface area (Å²) < 4.78 is 0. The second kappa shape index (κ2) is 19.9. The van der Waals surface area contributed by atoms with Crippen LogP contribution >= 0.6 is 0 Å². The number of benzene rings is 1. The average molecular weight is 538 g/mol. The highest BCUT2D eigenvalue weighted by Gasteiger charge is 2.24. The molecule has 1 aromatic carbocycles. The SMILES string of the molecule is C[C@H](NC(=O)[C@H](Cc1ccc([N+](=O)[O-])cc1)NC(=O)CCCNCCCNCCCNCCCN)C(=O)O. The number of carboxylic acids is 1. The molecule has 0 aliphatic carbocycles. The van der Waals surface area contributed by atoms with Gasteiger partial charge >= 0.3 is 5.97 Å². The van der Waals surface area contributed by atoms with Crippen molar-refractivity contribution in [1.82, 2.24) is 26.6 Å². The van der Waals surface area contributed by atoms with Crippen molar-refractivity contribution in [3.05, 3.63) is 39.9 Å². The first-order chi connectivity index (χ1) is 18.2. The lowest BCUT2D eigenvalue weighted by Crippen LogP contribution is -2.51. The highest BCUT2D eigenvalue weighted by atomic mass is 16.6. The van der Waals surface area contributed by atoms with E-state index in [1.807, 2.05) is 0 Å². The molecule has 2 amide bonds. The van der Waals surface area contributed by atoms with E-state index in [0.717, 1.165) is 52.0 Å². The lowest BCUT2D eigenvalue weighted by molar-refractivity contribution is -0.384. The molecule has 0 unspecified atom stereocenters. The highest BCUT2D eigenvalue weighted by molar-refractivity contribution is 5.90. The summed E-state index contributed by atoms with van der Waals surface area (Å²) in [5.74, 6) is -2.17. The minimum Gasteiger partial charge on any atom is -0.480 e. The molecule has 0 heterocycles. The Morgan fingerprint density at radius 3 is 1.92 bits per heavy atom. The summed E-state index contributed by atoms with van der Waals surface area (Å²) >= 11 is 0. The molecule has 0 aliphatic rings. The van der Waals surface area contributed by atoms with Gasteiger partial charge in [0, 0.05) is 25.0 Å². The van der Waals surface area contributed by atoms with Gasteiger partial charge in [0.1, 0.15) is 12.1 Å². The minimum absolute atomic E-state index is 0.0664. The summed E-state index contributed by atoms with van der Waals surface area (Å²) in [4.78, 5) is 46.6. The number of carboxylic acid groups (broad SMARTS) is 1. The summed E-state index contributed by atoms with van der Waals surface area (Å²) in [7, 11) is 0. The normalized spacial score (nSPS) is 12.5. The number of nitrogens with two attached hydrogens (primary N) is 1. The molecule has 0 spiro atoms. The van der Waals surface area contributed by atoms with Gasteiger partial charge in [0.15, 0.2) is 0 Å². The van der Waals surface area contributed by atoms with E-state index in [1.54, 1.807) is 0 Å². The first-order valence-corrected chi connectivity index (χ1v) is 13.1. The van der Waals surface area contributed by atoms with Crippen LogP contribution in [0.5, 0.6) is 0 Å². The van der Waals surface area contributed by atoms with E-state index in [4.69, 9.17) is 10.8 Å². The van der Waals surface area contributed by atoms with Crippen molar-refractivity contribution >= 4 is 23.5 Å². The molecule has 0 aromatic heterocycles. The molecule has 8 N–H and O–H groups in total. The number of non-ortho nitro benzene ring substituents is 1. The van der Waals surface area contributed by atoms with Crippen molar-refractivity contribution in [3.8, 4) is 0 Å². The van der Waals surface area contributed by atoms with E-state index < -0.39 is 28.9 Å². The maximum absolute atomic E-state index is 12.7. The van der Waals surface area contributed by atoms with Crippen molar-refractivity contribution in [2.24, 2.45) is 5.73 Å².